The van der Waals surface area contributed by atoms with E-state index in [0.717, 1.165) is 28.2 Å². The number of carbonyl (C=O) groups is 1. The van der Waals surface area contributed by atoms with E-state index in [0.29, 0.717) is 42.7 Å². The maximum Gasteiger partial charge on any atom is 0.240 e. The Morgan fingerprint density at radius 1 is 1.28 bits per heavy atom. The summed E-state index contributed by atoms with van der Waals surface area (Å²) in [6.07, 6.45) is 2.69. The summed E-state index contributed by atoms with van der Waals surface area (Å²) in [4.78, 5) is 17.2. The molecule has 4 rings (SSSR count). The highest BCUT2D eigenvalue weighted by atomic mass is 35.5. The second-order valence-electron chi connectivity index (χ2n) is 6.74. The lowest BCUT2D eigenvalue weighted by atomic mass is 10.1. The molecule has 1 aliphatic heterocycles. The minimum atomic E-state index is -0.0425. The summed E-state index contributed by atoms with van der Waals surface area (Å²) in [5.41, 5.74) is 2.89. The number of rotatable bonds is 7. The van der Waals surface area contributed by atoms with Crippen LogP contribution in [0.2, 0.25) is 5.02 Å². The molecule has 152 valence electrons. The van der Waals surface area contributed by atoms with Gasteiger partial charge < -0.3 is 19.4 Å². The van der Waals surface area contributed by atoms with Crippen LogP contribution >= 0.6 is 23.4 Å². The summed E-state index contributed by atoms with van der Waals surface area (Å²) in [6.45, 7) is 1.78. The Morgan fingerprint density at radius 2 is 2.10 bits per heavy atom. The zero-order chi connectivity index (χ0) is 20.2. The number of ether oxygens (including phenoxy) is 2. The largest absolute Gasteiger partial charge is 0.486 e. The zero-order valence-electron chi connectivity index (χ0n) is 16.1. The van der Waals surface area contributed by atoms with Crippen LogP contribution in [0, 0.1) is 0 Å². The summed E-state index contributed by atoms with van der Waals surface area (Å²) in [5.74, 6) is 2.89. The lowest BCUT2D eigenvalue weighted by Crippen LogP contribution is -2.30. The van der Waals surface area contributed by atoms with Gasteiger partial charge in [0.15, 0.2) is 11.5 Å². The standard InChI is InChI=1S/C21H22ClN3O3S/c1-29-13-19-24-16-4-2-3-5-17(16)25(19)12-20(26)23-7-6-14-10-15(22)21-18(11-14)27-8-9-28-21/h2-5,10-11H,6-9,12-13H2,1H3,(H,23,26). The number of nitrogens with zero attached hydrogens (tertiary/aromatic N) is 2. The lowest BCUT2D eigenvalue weighted by molar-refractivity contribution is -0.121. The van der Waals surface area contributed by atoms with Crippen LogP contribution in [0.25, 0.3) is 11.0 Å². The Bertz CT molecular complexity index is 1040. The molecule has 0 fully saturated rings. The number of halogens is 1. The number of thioether (sulfide) groups is 1. The molecule has 0 spiro atoms. The van der Waals surface area contributed by atoms with Crippen LogP contribution in [0.15, 0.2) is 36.4 Å². The highest BCUT2D eigenvalue weighted by molar-refractivity contribution is 7.97. The summed E-state index contributed by atoms with van der Waals surface area (Å²) in [7, 11) is 0. The van der Waals surface area contributed by atoms with Crippen molar-refractivity contribution in [2.75, 3.05) is 26.0 Å². The van der Waals surface area contributed by atoms with Gasteiger partial charge in [0, 0.05) is 6.54 Å². The number of amides is 1. The van der Waals surface area contributed by atoms with Crippen LogP contribution in [-0.2, 0) is 23.5 Å². The van der Waals surface area contributed by atoms with Gasteiger partial charge in [0.05, 0.1) is 21.8 Å². The number of carbonyl (C=O) groups excluding carboxylic acids is 1. The SMILES string of the molecule is CSCc1nc2ccccc2n1CC(=O)NCCc1cc(Cl)c2c(c1)OCCO2. The van der Waals surface area contributed by atoms with E-state index in [1.165, 1.54) is 0 Å². The Kier molecular flexibility index (Phi) is 6.16. The molecule has 0 saturated heterocycles. The average molecular weight is 432 g/mol. The molecule has 0 aliphatic carbocycles. The Balaban J connectivity index is 1.39. The van der Waals surface area contributed by atoms with Crippen LogP contribution in [0.4, 0.5) is 0 Å². The second-order valence-corrected chi connectivity index (χ2v) is 8.01. The number of benzene rings is 2. The van der Waals surface area contributed by atoms with E-state index in [1.54, 1.807) is 11.8 Å². The average Bonchev–Trinajstić information content (AvgIpc) is 3.06. The van der Waals surface area contributed by atoms with E-state index in [-0.39, 0.29) is 12.5 Å². The van der Waals surface area contributed by atoms with Crippen molar-refractivity contribution in [1.82, 2.24) is 14.9 Å². The first-order chi connectivity index (χ1) is 14.2. The highest BCUT2D eigenvalue weighted by Gasteiger charge is 2.17. The molecule has 0 atom stereocenters. The van der Waals surface area contributed by atoms with Crippen LogP contribution in [0.1, 0.15) is 11.4 Å². The third-order valence-corrected chi connectivity index (χ3v) is 5.53. The molecule has 0 saturated carbocycles. The van der Waals surface area contributed by atoms with Crippen molar-refractivity contribution in [3.05, 3.63) is 52.8 Å². The van der Waals surface area contributed by atoms with Gasteiger partial charge in [0.25, 0.3) is 0 Å². The zero-order valence-corrected chi connectivity index (χ0v) is 17.7. The van der Waals surface area contributed by atoms with Crippen molar-refractivity contribution in [3.8, 4) is 11.5 Å². The topological polar surface area (TPSA) is 65.4 Å². The van der Waals surface area contributed by atoms with Gasteiger partial charge in [-0.15, -0.1) is 0 Å². The minimum Gasteiger partial charge on any atom is -0.486 e. The van der Waals surface area contributed by atoms with Crippen molar-refractivity contribution in [3.63, 3.8) is 0 Å². The maximum atomic E-state index is 12.6. The number of fused-ring (bicyclic) bond motifs is 2. The number of aromatic nitrogens is 2. The second kappa shape index (κ2) is 8.97. The molecule has 1 aromatic heterocycles. The minimum absolute atomic E-state index is 0.0425. The van der Waals surface area contributed by atoms with E-state index in [4.69, 9.17) is 21.1 Å². The first-order valence-corrected chi connectivity index (χ1v) is 11.2. The van der Waals surface area contributed by atoms with E-state index < -0.39 is 0 Å². The predicted octanol–water partition coefficient (Wildman–Crippen LogP) is 3.68. The monoisotopic (exact) mass is 431 g/mol. The molecule has 1 aliphatic rings. The van der Waals surface area contributed by atoms with Crippen molar-refractivity contribution < 1.29 is 14.3 Å². The first kappa shape index (κ1) is 19.9. The van der Waals surface area contributed by atoms with E-state index >= 15 is 0 Å². The molecule has 6 nitrogen and oxygen atoms in total. The molecule has 1 amide bonds. The molecule has 0 bridgehead atoms. The van der Waals surface area contributed by atoms with Gasteiger partial charge in [0.1, 0.15) is 25.6 Å². The van der Waals surface area contributed by atoms with Crippen molar-refractivity contribution in [1.29, 1.82) is 0 Å². The van der Waals surface area contributed by atoms with Crippen molar-refractivity contribution in [2.45, 2.75) is 18.7 Å². The number of hydrogen-bond donors (Lipinski definition) is 1. The van der Waals surface area contributed by atoms with Crippen molar-refractivity contribution in [2.24, 2.45) is 0 Å². The molecule has 2 heterocycles. The Labute approximate surface area is 178 Å². The molecule has 0 unspecified atom stereocenters. The normalized spacial score (nSPS) is 12.9. The third kappa shape index (κ3) is 4.46. The maximum absolute atomic E-state index is 12.6. The number of imidazole rings is 1. The van der Waals surface area contributed by atoms with Gasteiger partial charge in [-0.3, -0.25) is 4.79 Å². The number of hydrogen-bond acceptors (Lipinski definition) is 5. The Hall–Kier alpha value is -2.38. The summed E-state index contributed by atoms with van der Waals surface area (Å²) >= 11 is 7.97. The predicted molar refractivity (Wildman–Crippen MR) is 116 cm³/mol. The van der Waals surface area contributed by atoms with E-state index in [1.807, 2.05) is 47.2 Å². The van der Waals surface area contributed by atoms with Crippen LogP contribution in [-0.4, -0.2) is 41.5 Å². The van der Waals surface area contributed by atoms with Crippen LogP contribution < -0.4 is 14.8 Å². The van der Waals surface area contributed by atoms with Gasteiger partial charge in [-0.05, 0) is 42.5 Å². The third-order valence-electron chi connectivity index (χ3n) is 4.70. The van der Waals surface area contributed by atoms with Gasteiger partial charge in [-0.25, -0.2) is 4.98 Å². The lowest BCUT2D eigenvalue weighted by Gasteiger charge is -2.20. The van der Waals surface area contributed by atoms with Crippen molar-refractivity contribution >= 4 is 40.3 Å². The molecule has 8 heteroatoms. The first-order valence-electron chi connectivity index (χ1n) is 9.43. The van der Waals surface area contributed by atoms with E-state index in [9.17, 15) is 4.79 Å². The fourth-order valence-corrected chi connectivity index (χ4v) is 4.16. The van der Waals surface area contributed by atoms with Gasteiger partial charge in [-0.2, -0.15) is 11.8 Å². The molecule has 2 aromatic carbocycles. The van der Waals surface area contributed by atoms with Crippen LogP contribution in [0.3, 0.4) is 0 Å². The molecule has 3 aromatic rings. The number of para-hydroxylation sites is 2. The fourth-order valence-electron chi connectivity index (χ4n) is 3.40. The highest BCUT2D eigenvalue weighted by Crippen LogP contribution is 2.38. The summed E-state index contributed by atoms with van der Waals surface area (Å²) in [5, 5.41) is 3.53. The molecule has 0 radical (unpaired) electrons. The molecule has 1 N–H and O–H groups in total. The molecule has 29 heavy (non-hydrogen) atoms. The van der Waals surface area contributed by atoms with Gasteiger partial charge >= 0.3 is 0 Å². The number of nitrogens with one attached hydrogen (secondary N) is 1. The molecular weight excluding hydrogens is 410 g/mol. The Morgan fingerprint density at radius 3 is 2.97 bits per heavy atom. The smallest absolute Gasteiger partial charge is 0.240 e. The quantitative estimate of drug-likeness (QED) is 0.618. The summed E-state index contributed by atoms with van der Waals surface area (Å²) < 4.78 is 13.1. The van der Waals surface area contributed by atoms with E-state index in [2.05, 4.69) is 10.3 Å². The fraction of sp³-hybridized carbons (Fsp3) is 0.333. The molecular formula is C21H22ClN3O3S. The van der Waals surface area contributed by atoms with Crippen LogP contribution in [0.5, 0.6) is 11.5 Å². The summed E-state index contributed by atoms with van der Waals surface area (Å²) in [6, 6.07) is 11.7. The van der Waals surface area contributed by atoms with Gasteiger partial charge in [0.2, 0.25) is 5.91 Å². The van der Waals surface area contributed by atoms with Gasteiger partial charge in [-0.1, -0.05) is 23.7 Å².